The molecule has 0 atom stereocenters. The fraction of sp³-hybridized carbons (Fsp3) is 0.450. The average Bonchev–Trinajstić information content (AvgIpc) is 2.99. The van der Waals surface area contributed by atoms with Gasteiger partial charge in [0.25, 0.3) is 0 Å². The topological polar surface area (TPSA) is 32.3 Å². The maximum Gasteiger partial charge on any atom is 0.227 e. The normalized spacial score (nSPS) is 19.4. The number of benzene rings is 2. The second-order valence-electron chi connectivity index (χ2n) is 7.13. The first-order chi connectivity index (χ1) is 11.3. The molecule has 0 bridgehead atoms. The Labute approximate surface area is 149 Å². The zero-order chi connectivity index (χ0) is 15.7. The maximum atomic E-state index is 12.8. The molecule has 2 aliphatic rings. The molecule has 2 fully saturated rings. The summed E-state index contributed by atoms with van der Waals surface area (Å²) < 4.78 is 0. The van der Waals surface area contributed by atoms with Gasteiger partial charge in [0.05, 0.1) is 6.42 Å². The van der Waals surface area contributed by atoms with Crippen LogP contribution in [0.2, 0.25) is 0 Å². The largest absolute Gasteiger partial charge is 0.342 e. The highest BCUT2D eigenvalue weighted by molar-refractivity contribution is 5.90. The summed E-state index contributed by atoms with van der Waals surface area (Å²) >= 11 is 0. The molecule has 24 heavy (non-hydrogen) atoms. The molecule has 1 N–H and O–H groups in total. The van der Waals surface area contributed by atoms with E-state index in [0.717, 1.165) is 31.7 Å². The van der Waals surface area contributed by atoms with Crippen molar-refractivity contribution < 1.29 is 4.79 Å². The van der Waals surface area contributed by atoms with Gasteiger partial charge < -0.3 is 10.2 Å². The molecule has 0 saturated carbocycles. The number of nitrogens with zero attached hydrogens (tertiary/aromatic N) is 1. The standard InChI is InChI=1S/C20H24N2O.ClH/c23-19(22-13-10-20(15-22)8-11-21-12-9-20)14-17-6-3-5-16-4-1-2-7-18(16)17;/h1-7,21H,8-15H2;1H. The number of amides is 1. The Bertz CT molecular complexity index is 719. The van der Waals surface area contributed by atoms with E-state index < -0.39 is 0 Å². The minimum atomic E-state index is 0. The van der Waals surface area contributed by atoms with Gasteiger partial charge >= 0.3 is 0 Å². The van der Waals surface area contributed by atoms with Crippen LogP contribution in [0.15, 0.2) is 42.5 Å². The number of carbonyl (C=O) groups excluding carboxylic acids is 1. The number of rotatable bonds is 2. The molecule has 0 aliphatic carbocycles. The Morgan fingerprint density at radius 1 is 1.04 bits per heavy atom. The number of piperidine rings is 1. The molecular formula is C20H25ClN2O. The van der Waals surface area contributed by atoms with Gasteiger partial charge in [0.1, 0.15) is 0 Å². The van der Waals surface area contributed by atoms with E-state index in [1.807, 2.05) is 0 Å². The van der Waals surface area contributed by atoms with E-state index in [1.165, 1.54) is 30.0 Å². The van der Waals surface area contributed by atoms with Crippen LogP contribution in [-0.2, 0) is 11.2 Å². The van der Waals surface area contributed by atoms with Crippen LogP contribution in [0.5, 0.6) is 0 Å². The molecule has 4 rings (SSSR count). The monoisotopic (exact) mass is 344 g/mol. The van der Waals surface area contributed by atoms with E-state index in [4.69, 9.17) is 0 Å². The summed E-state index contributed by atoms with van der Waals surface area (Å²) in [4.78, 5) is 14.9. The van der Waals surface area contributed by atoms with E-state index >= 15 is 0 Å². The summed E-state index contributed by atoms with van der Waals surface area (Å²) in [5, 5.41) is 5.86. The number of hydrogen-bond donors (Lipinski definition) is 1. The fourth-order valence-electron chi connectivity index (χ4n) is 4.23. The van der Waals surface area contributed by atoms with Crippen molar-refractivity contribution in [2.24, 2.45) is 5.41 Å². The zero-order valence-corrected chi connectivity index (χ0v) is 14.8. The van der Waals surface area contributed by atoms with Gasteiger partial charge in [0, 0.05) is 13.1 Å². The fourth-order valence-corrected chi connectivity index (χ4v) is 4.23. The first-order valence-corrected chi connectivity index (χ1v) is 8.71. The van der Waals surface area contributed by atoms with Crippen LogP contribution in [-0.4, -0.2) is 37.0 Å². The molecule has 4 heteroatoms. The smallest absolute Gasteiger partial charge is 0.227 e. The number of halogens is 1. The zero-order valence-electron chi connectivity index (χ0n) is 14.0. The molecule has 128 valence electrons. The summed E-state index contributed by atoms with van der Waals surface area (Å²) in [6, 6.07) is 14.6. The van der Waals surface area contributed by atoms with Gasteiger partial charge in [-0.3, -0.25) is 4.79 Å². The highest BCUT2D eigenvalue weighted by Gasteiger charge is 2.40. The van der Waals surface area contributed by atoms with Gasteiger partial charge in [0.15, 0.2) is 0 Å². The van der Waals surface area contributed by atoms with Crippen LogP contribution in [0, 0.1) is 5.41 Å². The van der Waals surface area contributed by atoms with Crippen LogP contribution >= 0.6 is 12.4 Å². The van der Waals surface area contributed by atoms with Gasteiger partial charge in [-0.25, -0.2) is 0 Å². The van der Waals surface area contributed by atoms with Crippen molar-refractivity contribution in [3.05, 3.63) is 48.0 Å². The van der Waals surface area contributed by atoms with Crippen molar-refractivity contribution in [3.8, 4) is 0 Å². The van der Waals surface area contributed by atoms with Crippen molar-refractivity contribution in [2.45, 2.75) is 25.7 Å². The molecule has 0 unspecified atom stereocenters. The van der Waals surface area contributed by atoms with Gasteiger partial charge in [-0.2, -0.15) is 0 Å². The molecule has 3 nitrogen and oxygen atoms in total. The summed E-state index contributed by atoms with van der Waals surface area (Å²) in [7, 11) is 0. The van der Waals surface area contributed by atoms with Crippen molar-refractivity contribution in [2.75, 3.05) is 26.2 Å². The van der Waals surface area contributed by atoms with Gasteiger partial charge in [-0.05, 0) is 54.1 Å². The maximum absolute atomic E-state index is 12.8. The van der Waals surface area contributed by atoms with Crippen molar-refractivity contribution >= 4 is 29.1 Å². The van der Waals surface area contributed by atoms with Crippen LogP contribution in [0.25, 0.3) is 10.8 Å². The molecule has 1 spiro atoms. The summed E-state index contributed by atoms with van der Waals surface area (Å²) in [6.45, 7) is 4.10. The third kappa shape index (κ3) is 3.28. The van der Waals surface area contributed by atoms with Crippen molar-refractivity contribution in [3.63, 3.8) is 0 Å². The Morgan fingerprint density at radius 2 is 1.79 bits per heavy atom. The molecule has 2 heterocycles. The van der Waals surface area contributed by atoms with Crippen LogP contribution in [0.3, 0.4) is 0 Å². The number of likely N-dealkylation sites (tertiary alicyclic amines) is 1. The van der Waals surface area contributed by atoms with Crippen molar-refractivity contribution in [1.82, 2.24) is 10.2 Å². The second-order valence-corrected chi connectivity index (χ2v) is 7.13. The third-order valence-electron chi connectivity index (χ3n) is 5.68. The van der Waals surface area contributed by atoms with Gasteiger partial charge in [0.2, 0.25) is 5.91 Å². The summed E-state index contributed by atoms with van der Waals surface area (Å²) in [6.07, 6.45) is 4.13. The van der Waals surface area contributed by atoms with E-state index in [0.29, 0.717) is 11.8 Å². The Morgan fingerprint density at radius 3 is 2.62 bits per heavy atom. The molecular weight excluding hydrogens is 320 g/mol. The highest BCUT2D eigenvalue weighted by atomic mass is 35.5. The average molecular weight is 345 g/mol. The first-order valence-electron chi connectivity index (χ1n) is 8.71. The number of hydrogen-bond acceptors (Lipinski definition) is 2. The molecule has 2 saturated heterocycles. The molecule has 0 aromatic heterocycles. The van der Waals surface area contributed by atoms with Gasteiger partial charge in [-0.1, -0.05) is 42.5 Å². The molecule has 1 amide bonds. The van der Waals surface area contributed by atoms with Gasteiger partial charge in [-0.15, -0.1) is 12.4 Å². The van der Waals surface area contributed by atoms with E-state index in [9.17, 15) is 4.79 Å². The lowest BCUT2D eigenvalue weighted by Gasteiger charge is -2.33. The molecule has 2 aromatic carbocycles. The lowest BCUT2D eigenvalue weighted by Crippen LogP contribution is -2.40. The van der Waals surface area contributed by atoms with Crippen molar-refractivity contribution in [1.29, 1.82) is 0 Å². The number of nitrogens with one attached hydrogen (secondary N) is 1. The Balaban J connectivity index is 0.00000169. The molecule has 2 aliphatic heterocycles. The summed E-state index contributed by atoms with van der Waals surface area (Å²) in [5.74, 6) is 0.289. The number of fused-ring (bicyclic) bond motifs is 1. The highest BCUT2D eigenvalue weighted by Crippen LogP contribution is 2.38. The SMILES string of the molecule is Cl.O=C(Cc1cccc2ccccc12)N1CCC2(CCNCC2)C1. The molecule has 0 radical (unpaired) electrons. The number of carbonyl (C=O) groups is 1. The molecule has 2 aromatic rings. The summed E-state index contributed by atoms with van der Waals surface area (Å²) in [5.41, 5.74) is 1.54. The van der Waals surface area contributed by atoms with E-state index in [2.05, 4.69) is 52.7 Å². The first kappa shape index (κ1) is 17.2. The lowest BCUT2D eigenvalue weighted by molar-refractivity contribution is -0.129. The Hall–Kier alpha value is -1.58. The quantitative estimate of drug-likeness (QED) is 0.905. The van der Waals surface area contributed by atoms with E-state index in [1.54, 1.807) is 0 Å². The Kier molecular flexibility index (Phi) is 5.12. The minimum Gasteiger partial charge on any atom is -0.342 e. The van der Waals surface area contributed by atoms with E-state index in [-0.39, 0.29) is 18.3 Å². The van der Waals surface area contributed by atoms with Crippen LogP contribution in [0.1, 0.15) is 24.8 Å². The predicted molar refractivity (Wildman–Crippen MR) is 101 cm³/mol. The van der Waals surface area contributed by atoms with Crippen LogP contribution < -0.4 is 5.32 Å². The second kappa shape index (κ2) is 7.12. The lowest BCUT2D eigenvalue weighted by atomic mass is 9.78. The van der Waals surface area contributed by atoms with Crippen LogP contribution in [0.4, 0.5) is 0 Å². The minimum absolute atomic E-state index is 0. The predicted octanol–water partition coefficient (Wildman–Crippen LogP) is 3.41. The third-order valence-corrected chi connectivity index (χ3v) is 5.68.